The highest BCUT2D eigenvalue weighted by Gasteiger charge is 2.20. The van der Waals surface area contributed by atoms with Crippen LogP contribution in [-0.2, 0) is 24.1 Å². The van der Waals surface area contributed by atoms with Crippen LogP contribution in [0.3, 0.4) is 0 Å². The molecule has 0 unspecified atom stereocenters. The van der Waals surface area contributed by atoms with Gasteiger partial charge in [0, 0.05) is 36.5 Å². The summed E-state index contributed by atoms with van der Waals surface area (Å²) in [4.78, 5) is 33.4. The van der Waals surface area contributed by atoms with E-state index in [1.165, 1.54) is 11.3 Å². The van der Waals surface area contributed by atoms with Gasteiger partial charge in [-0.1, -0.05) is 0 Å². The Kier molecular flexibility index (Phi) is 5.91. The van der Waals surface area contributed by atoms with Crippen molar-refractivity contribution in [3.05, 3.63) is 39.7 Å². The fraction of sp³-hybridized carbons (Fsp3) is 0.571. The third-order valence-corrected chi connectivity index (χ3v) is 5.43. The number of Topliss-reactive ketones (excluding diaryl/α,β-unsaturated/α-hetero) is 1. The third kappa shape index (κ3) is 4.13. The Morgan fingerprint density at radius 2 is 1.89 bits per heavy atom. The minimum atomic E-state index is -0.120. The summed E-state index contributed by atoms with van der Waals surface area (Å²) in [6.07, 6.45) is 4.20. The van der Waals surface area contributed by atoms with Gasteiger partial charge >= 0.3 is 0 Å². The van der Waals surface area contributed by atoms with Crippen LogP contribution in [0.5, 0.6) is 0 Å². The van der Waals surface area contributed by atoms with E-state index in [0.717, 1.165) is 36.5 Å². The molecule has 1 N–H and O–H groups in total. The molecule has 7 heteroatoms. The monoisotopic (exact) mass is 383 g/mol. The normalized spacial score (nSPS) is 14.0. The number of nitrogens with zero attached hydrogens (tertiary/aromatic N) is 4. The number of ketones is 1. The van der Waals surface area contributed by atoms with Crippen LogP contribution in [0.2, 0.25) is 0 Å². The van der Waals surface area contributed by atoms with Crippen molar-refractivity contribution in [2.24, 2.45) is 0 Å². The van der Waals surface area contributed by atoms with Crippen LogP contribution < -0.4 is 5.32 Å². The molecule has 1 atom stereocenters. The molecule has 0 aromatic carbocycles. The van der Waals surface area contributed by atoms with Crippen LogP contribution in [0, 0.1) is 20.8 Å². The molecule has 2 aromatic heterocycles. The van der Waals surface area contributed by atoms with E-state index in [2.05, 4.69) is 20.4 Å². The number of carbonyl (C=O) groups is 2. The molecule has 1 amide bonds. The summed E-state index contributed by atoms with van der Waals surface area (Å²) in [6, 6.07) is -0.120. The van der Waals surface area contributed by atoms with Crippen molar-refractivity contribution in [2.45, 2.75) is 72.8 Å². The van der Waals surface area contributed by atoms with Gasteiger partial charge in [-0.05, 0) is 59.4 Å². The highest BCUT2D eigenvalue weighted by atomic mass is 16.1. The summed E-state index contributed by atoms with van der Waals surface area (Å²) in [5, 5.41) is 7.41. The summed E-state index contributed by atoms with van der Waals surface area (Å²) in [7, 11) is 0. The van der Waals surface area contributed by atoms with E-state index in [1.807, 2.05) is 27.7 Å². The van der Waals surface area contributed by atoms with E-state index in [9.17, 15) is 9.59 Å². The predicted octanol–water partition coefficient (Wildman–Crippen LogP) is 2.60. The number of nitrogens with one attached hydrogen (secondary N) is 1. The van der Waals surface area contributed by atoms with Gasteiger partial charge in [0.1, 0.15) is 5.82 Å². The Labute approximate surface area is 166 Å². The number of hydrogen-bond acceptors (Lipinski definition) is 5. The average Bonchev–Trinajstić information content (AvgIpc) is 3.19. The second-order valence-corrected chi connectivity index (χ2v) is 7.70. The van der Waals surface area contributed by atoms with Crippen LogP contribution in [-0.4, -0.2) is 38.0 Å². The van der Waals surface area contributed by atoms with E-state index in [-0.39, 0.29) is 17.7 Å². The van der Waals surface area contributed by atoms with E-state index < -0.39 is 0 Å². The molecule has 2 aromatic rings. The van der Waals surface area contributed by atoms with E-state index in [0.29, 0.717) is 30.6 Å². The van der Waals surface area contributed by atoms with Crippen LogP contribution in [0.4, 0.5) is 0 Å². The first kappa shape index (κ1) is 20.2. The second-order valence-electron chi connectivity index (χ2n) is 7.70. The van der Waals surface area contributed by atoms with Crippen molar-refractivity contribution in [1.29, 1.82) is 0 Å². The number of rotatable bonds is 7. The molecule has 0 aliphatic heterocycles. The van der Waals surface area contributed by atoms with Crippen molar-refractivity contribution >= 4 is 11.7 Å². The van der Waals surface area contributed by atoms with Crippen LogP contribution in [0.25, 0.3) is 0 Å². The van der Waals surface area contributed by atoms with E-state index in [1.54, 1.807) is 11.6 Å². The highest BCUT2D eigenvalue weighted by Crippen LogP contribution is 2.22. The molecule has 0 bridgehead atoms. The van der Waals surface area contributed by atoms with Gasteiger partial charge in [0.15, 0.2) is 5.78 Å². The maximum Gasteiger partial charge on any atom is 0.222 e. The van der Waals surface area contributed by atoms with Crippen molar-refractivity contribution < 1.29 is 9.59 Å². The molecule has 1 aliphatic rings. The van der Waals surface area contributed by atoms with Gasteiger partial charge in [-0.15, -0.1) is 0 Å². The summed E-state index contributed by atoms with van der Waals surface area (Å²) < 4.78 is 1.78. The minimum Gasteiger partial charge on any atom is -0.356 e. The highest BCUT2D eigenvalue weighted by molar-refractivity contribution is 5.96. The first-order valence-electron chi connectivity index (χ1n) is 9.96. The molecule has 28 heavy (non-hydrogen) atoms. The zero-order chi connectivity index (χ0) is 20.4. The molecule has 0 radical (unpaired) electrons. The zero-order valence-electron chi connectivity index (χ0n) is 17.4. The molecule has 7 nitrogen and oxygen atoms in total. The zero-order valence-corrected chi connectivity index (χ0v) is 17.4. The number of aromatic nitrogens is 4. The van der Waals surface area contributed by atoms with Gasteiger partial charge in [0.05, 0.1) is 17.3 Å². The SMILES string of the molecule is CC(=O)c1c(C)nn([C@@H](C)CC(=O)NCCc2nc(C)c3c(n2)CCC3)c1C. The molecule has 1 aliphatic carbocycles. The molecule has 0 saturated heterocycles. The Morgan fingerprint density at radius 3 is 2.57 bits per heavy atom. The fourth-order valence-electron chi connectivity index (χ4n) is 4.14. The van der Waals surface area contributed by atoms with Gasteiger partial charge in [-0.2, -0.15) is 5.10 Å². The van der Waals surface area contributed by atoms with E-state index >= 15 is 0 Å². The summed E-state index contributed by atoms with van der Waals surface area (Å²) >= 11 is 0. The first-order valence-corrected chi connectivity index (χ1v) is 9.96. The lowest BCUT2D eigenvalue weighted by molar-refractivity contribution is -0.121. The molecular weight excluding hydrogens is 354 g/mol. The number of fused-ring (bicyclic) bond motifs is 1. The second kappa shape index (κ2) is 8.20. The van der Waals surface area contributed by atoms with Crippen LogP contribution in [0.1, 0.15) is 77.3 Å². The van der Waals surface area contributed by atoms with Gasteiger partial charge in [0.25, 0.3) is 0 Å². The number of amides is 1. The number of hydrogen-bond donors (Lipinski definition) is 1. The van der Waals surface area contributed by atoms with E-state index in [4.69, 9.17) is 0 Å². The average molecular weight is 383 g/mol. The quantitative estimate of drug-likeness (QED) is 0.742. The number of carbonyl (C=O) groups excluding carboxylic acids is 2. The smallest absolute Gasteiger partial charge is 0.222 e. The minimum absolute atomic E-state index is 0.00235. The molecule has 0 saturated carbocycles. The lowest BCUT2D eigenvalue weighted by atomic mass is 10.1. The van der Waals surface area contributed by atoms with Crippen LogP contribution in [0.15, 0.2) is 0 Å². The summed E-state index contributed by atoms with van der Waals surface area (Å²) in [5.41, 5.74) is 5.72. The molecule has 3 rings (SSSR count). The van der Waals surface area contributed by atoms with Crippen molar-refractivity contribution in [3.8, 4) is 0 Å². The Hall–Kier alpha value is -2.57. The van der Waals surface area contributed by atoms with Gasteiger partial charge in [0.2, 0.25) is 5.91 Å². The van der Waals surface area contributed by atoms with Crippen molar-refractivity contribution in [1.82, 2.24) is 25.1 Å². The van der Waals surface area contributed by atoms with Gasteiger partial charge in [-0.25, -0.2) is 9.97 Å². The molecule has 0 fully saturated rings. The lowest BCUT2D eigenvalue weighted by Crippen LogP contribution is -2.28. The third-order valence-electron chi connectivity index (χ3n) is 5.43. The van der Waals surface area contributed by atoms with Crippen LogP contribution >= 0.6 is 0 Å². The molecule has 0 spiro atoms. The fourth-order valence-corrected chi connectivity index (χ4v) is 4.14. The Bertz CT molecular complexity index is 916. The molecular formula is C21H29N5O2. The maximum absolute atomic E-state index is 12.3. The molecule has 2 heterocycles. The predicted molar refractivity (Wildman–Crippen MR) is 107 cm³/mol. The molecule has 150 valence electrons. The van der Waals surface area contributed by atoms with Gasteiger partial charge in [-0.3, -0.25) is 14.3 Å². The summed E-state index contributed by atoms with van der Waals surface area (Å²) in [5.74, 6) is 0.765. The van der Waals surface area contributed by atoms with Gasteiger partial charge < -0.3 is 5.32 Å². The van der Waals surface area contributed by atoms with Crippen molar-refractivity contribution in [2.75, 3.05) is 6.54 Å². The topological polar surface area (TPSA) is 89.8 Å². The standard InChI is InChI=1S/C21H29N5O2/c1-12(26-15(4)21(16(5)27)14(3)25-26)11-20(28)22-10-9-19-23-13(2)17-7-6-8-18(17)24-19/h12H,6-11H2,1-5H3,(H,22,28)/t12-/m0/s1. The maximum atomic E-state index is 12.3. The van der Waals surface area contributed by atoms with Crippen molar-refractivity contribution in [3.63, 3.8) is 0 Å². The Balaban J connectivity index is 1.54. The Morgan fingerprint density at radius 1 is 1.14 bits per heavy atom. The summed E-state index contributed by atoms with van der Waals surface area (Å²) in [6.45, 7) is 9.74. The largest absolute Gasteiger partial charge is 0.356 e. The first-order chi connectivity index (χ1) is 13.3. The lowest BCUT2D eigenvalue weighted by Gasteiger charge is -2.14. The number of aryl methyl sites for hydroxylation is 3.